The largest absolute Gasteiger partial charge is 0.480 e. The molecule has 18 heavy (non-hydrogen) atoms. The Balaban J connectivity index is 2.22. The number of halogens is 1. The molecule has 1 aliphatic rings. The SMILES string of the molecule is O=C(O)CN1C(=O)SC(=Cc2cc(Br)cs2)C1=O. The molecule has 1 aromatic heterocycles. The highest BCUT2D eigenvalue weighted by atomic mass is 79.9. The second kappa shape index (κ2) is 5.25. The number of hydrogen-bond donors (Lipinski definition) is 1. The first-order valence-electron chi connectivity index (χ1n) is 4.68. The minimum atomic E-state index is -1.21. The van der Waals surface area contributed by atoms with Gasteiger partial charge in [0.25, 0.3) is 11.1 Å². The summed E-state index contributed by atoms with van der Waals surface area (Å²) < 4.78 is 0.892. The first-order valence-corrected chi connectivity index (χ1v) is 7.17. The van der Waals surface area contributed by atoms with Crippen LogP contribution in [0.2, 0.25) is 0 Å². The molecule has 1 fully saturated rings. The molecule has 0 bridgehead atoms. The van der Waals surface area contributed by atoms with Crippen molar-refractivity contribution < 1.29 is 19.5 Å². The Morgan fingerprint density at radius 2 is 2.22 bits per heavy atom. The molecule has 94 valence electrons. The first kappa shape index (κ1) is 13.3. The van der Waals surface area contributed by atoms with E-state index < -0.39 is 23.7 Å². The summed E-state index contributed by atoms with van der Waals surface area (Å²) in [5.41, 5.74) is 0. The highest BCUT2D eigenvalue weighted by molar-refractivity contribution is 9.10. The summed E-state index contributed by atoms with van der Waals surface area (Å²) in [6, 6.07) is 1.82. The smallest absolute Gasteiger partial charge is 0.323 e. The van der Waals surface area contributed by atoms with Gasteiger partial charge in [-0.3, -0.25) is 19.3 Å². The van der Waals surface area contributed by atoms with E-state index in [1.807, 2.05) is 11.4 Å². The topological polar surface area (TPSA) is 74.7 Å². The van der Waals surface area contributed by atoms with Crippen LogP contribution in [0.4, 0.5) is 4.79 Å². The maximum Gasteiger partial charge on any atom is 0.323 e. The number of amides is 2. The zero-order valence-corrected chi connectivity index (χ0v) is 12.0. The van der Waals surface area contributed by atoms with Crippen molar-refractivity contribution in [3.63, 3.8) is 0 Å². The second-order valence-electron chi connectivity index (χ2n) is 3.33. The number of carboxylic acids is 1. The number of rotatable bonds is 3. The lowest BCUT2D eigenvalue weighted by Crippen LogP contribution is -2.33. The highest BCUT2D eigenvalue weighted by Crippen LogP contribution is 2.33. The standard InChI is InChI=1S/C10H6BrNO4S2/c11-5-1-6(17-4-5)2-7-9(15)12(3-8(13)14)10(16)18-7/h1-2,4H,3H2,(H,13,14). The van der Waals surface area contributed by atoms with E-state index in [-0.39, 0.29) is 4.91 Å². The van der Waals surface area contributed by atoms with Crippen molar-refractivity contribution in [2.24, 2.45) is 0 Å². The van der Waals surface area contributed by atoms with Crippen LogP contribution in [0.5, 0.6) is 0 Å². The Hall–Kier alpha value is -1.12. The summed E-state index contributed by atoms with van der Waals surface area (Å²) >= 11 is 5.46. The summed E-state index contributed by atoms with van der Waals surface area (Å²) in [6.07, 6.45) is 1.59. The van der Waals surface area contributed by atoms with Crippen LogP contribution in [-0.4, -0.2) is 33.7 Å². The van der Waals surface area contributed by atoms with E-state index in [1.165, 1.54) is 11.3 Å². The zero-order valence-electron chi connectivity index (χ0n) is 8.75. The second-order valence-corrected chi connectivity index (χ2v) is 6.18. The van der Waals surface area contributed by atoms with Crippen molar-refractivity contribution in [1.82, 2.24) is 4.90 Å². The minimum Gasteiger partial charge on any atom is -0.480 e. The van der Waals surface area contributed by atoms with Crippen LogP contribution >= 0.6 is 39.0 Å². The molecular formula is C10H6BrNO4S2. The molecule has 1 aliphatic heterocycles. The number of aliphatic carboxylic acids is 1. The van der Waals surface area contributed by atoms with Gasteiger partial charge in [-0.05, 0) is 39.8 Å². The van der Waals surface area contributed by atoms with Crippen LogP contribution in [0.1, 0.15) is 4.88 Å². The van der Waals surface area contributed by atoms with Crippen LogP contribution < -0.4 is 0 Å². The van der Waals surface area contributed by atoms with E-state index in [0.29, 0.717) is 0 Å². The lowest BCUT2D eigenvalue weighted by molar-refractivity contribution is -0.140. The van der Waals surface area contributed by atoms with E-state index in [9.17, 15) is 14.4 Å². The molecule has 5 nitrogen and oxygen atoms in total. The fraction of sp³-hybridized carbons (Fsp3) is 0.100. The monoisotopic (exact) mass is 347 g/mol. The molecule has 0 unspecified atom stereocenters. The van der Waals surface area contributed by atoms with Crippen molar-refractivity contribution in [2.75, 3.05) is 6.54 Å². The summed E-state index contributed by atoms with van der Waals surface area (Å²) in [7, 11) is 0. The predicted octanol–water partition coefficient (Wildman–Crippen LogP) is 2.63. The summed E-state index contributed by atoms with van der Waals surface area (Å²) in [5, 5.41) is 9.91. The quantitative estimate of drug-likeness (QED) is 0.850. The molecule has 2 heterocycles. The summed E-state index contributed by atoms with van der Waals surface area (Å²) in [6.45, 7) is -0.601. The van der Waals surface area contributed by atoms with Crippen molar-refractivity contribution in [3.05, 3.63) is 25.7 Å². The van der Waals surface area contributed by atoms with Gasteiger partial charge in [0.15, 0.2) is 0 Å². The van der Waals surface area contributed by atoms with Crippen LogP contribution in [0.3, 0.4) is 0 Å². The van der Waals surface area contributed by atoms with Gasteiger partial charge in [-0.25, -0.2) is 0 Å². The van der Waals surface area contributed by atoms with Gasteiger partial charge in [-0.2, -0.15) is 0 Å². The number of thioether (sulfide) groups is 1. The number of carbonyl (C=O) groups is 3. The zero-order chi connectivity index (χ0) is 13.3. The number of imide groups is 1. The van der Waals surface area contributed by atoms with Crippen molar-refractivity contribution >= 4 is 62.2 Å². The van der Waals surface area contributed by atoms with E-state index in [1.54, 1.807) is 6.08 Å². The number of nitrogens with zero attached hydrogens (tertiary/aromatic N) is 1. The summed E-state index contributed by atoms with van der Waals surface area (Å²) in [4.78, 5) is 35.6. The number of carboxylic acid groups (broad SMARTS) is 1. The van der Waals surface area contributed by atoms with Crippen LogP contribution in [-0.2, 0) is 9.59 Å². The molecule has 0 radical (unpaired) electrons. The molecule has 1 aromatic rings. The van der Waals surface area contributed by atoms with E-state index >= 15 is 0 Å². The molecule has 1 N–H and O–H groups in total. The predicted molar refractivity (Wildman–Crippen MR) is 72.3 cm³/mol. The Bertz CT molecular complexity index is 566. The van der Waals surface area contributed by atoms with Crippen molar-refractivity contribution in [1.29, 1.82) is 0 Å². The molecule has 0 aliphatic carbocycles. The molecule has 1 saturated heterocycles. The molecule has 0 aromatic carbocycles. The third kappa shape index (κ3) is 2.82. The Morgan fingerprint density at radius 1 is 1.50 bits per heavy atom. The molecular weight excluding hydrogens is 342 g/mol. The fourth-order valence-corrected chi connectivity index (χ4v) is 3.58. The molecule has 2 rings (SSSR count). The van der Waals surface area contributed by atoms with E-state index in [4.69, 9.17) is 5.11 Å². The maximum atomic E-state index is 11.8. The Kier molecular flexibility index (Phi) is 3.88. The average molecular weight is 348 g/mol. The van der Waals surface area contributed by atoms with Gasteiger partial charge in [0.2, 0.25) is 0 Å². The number of carbonyl (C=O) groups excluding carboxylic acids is 2. The maximum absolute atomic E-state index is 11.8. The van der Waals surface area contributed by atoms with Gasteiger partial charge in [0, 0.05) is 14.7 Å². The van der Waals surface area contributed by atoms with Gasteiger partial charge >= 0.3 is 5.97 Å². The third-order valence-corrected chi connectivity index (χ3v) is 4.58. The van der Waals surface area contributed by atoms with Crippen molar-refractivity contribution in [3.8, 4) is 0 Å². The van der Waals surface area contributed by atoms with Gasteiger partial charge in [0.05, 0.1) is 4.91 Å². The highest BCUT2D eigenvalue weighted by Gasteiger charge is 2.36. The Labute approximate surface area is 119 Å². The van der Waals surface area contributed by atoms with Crippen LogP contribution in [0.25, 0.3) is 6.08 Å². The van der Waals surface area contributed by atoms with E-state index in [0.717, 1.165) is 26.0 Å². The number of thiophene rings is 1. The van der Waals surface area contributed by atoms with Gasteiger partial charge in [-0.1, -0.05) is 0 Å². The first-order chi connectivity index (χ1) is 8.47. The van der Waals surface area contributed by atoms with Gasteiger partial charge in [0.1, 0.15) is 6.54 Å². The lowest BCUT2D eigenvalue weighted by Gasteiger charge is -2.07. The lowest BCUT2D eigenvalue weighted by atomic mass is 10.3. The molecule has 0 spiro atoms. The van der Waals surface area contributed by atoms with Gasteiger partial charge < -0.3 is 5.11 Å². The van der Waals surface area contributed by atoms with Crippen LogP contribution in [0.15, 0.2) is 20.8 Å². The number of hydrogen-bond acceptors (Lipinski definition) is 5. The van der Waals surface area contributed by atoms with Crippen molar-refractivity contribution in [2.45, 2.75) is 0 Å². The molecule has 0 atom stereocenters. The molecule has 8 heteroatoms. The fourth-order valence-electron chi connectivity index (χ4n) is 1.30. The minimum absolute atomic E-state index is 0.246. The average Bonchev–Trinajstić information content (AvgIpc) is 2.78. The normalized spacial score (nSPS) is 17.8. The molecule has 2 amide bonds. The Morgan fingerprint density at radius 3 is 2.78 bits per heavy atom. The molecule has 0 saturated carbocycles. The van der Waals surface area contributed by atoms with E-state index in [2.05, 4.69) is 15.9 Å². The third-order valence-electron chi connectivity index (χ3n) is 2.03. The van der Waals surface area contributed by atoms with Gasteiger partial charge in [-0.15, -0.1) is 11.3 Å². The van der Waals surface area contributed by atoms with Crippen LogP contribution in [0, 0.1) is 0 Å². The summed E-state index contributed by atoms with van der Waals surface area (Å²) in [5.74, 6) is -1.77.